The zero-order chi connectivity index (χ0) is 19.3. The Hall–Kier alpha value is -3.44. The predicted molar refractivity (Wildman–Crippen MR) is 107 cm³/mol. The molecule has 1 aliphatic heterocycles. The summed E-state index contributed by atoms with van der Waals surface area (Å²) in [6, 6.07) is 22.8. The van der Waals surface area contributed by atoms with E-state index in [1.165, 1.54) is 0 Å². The summed E-state index contributed by atoms with van der Waals surface area (Å²) in [5, 5.41) is 13.0. The molecule has 1 N–H and O–H groups in total. The Bertz CT molecular complexity index is 1150. The van der Waals surface area contributed by atoms with E-state index < -0.39 is 6.10 Å². The highest BCUT2D eigenvalue weighted by Crippen LogP contribution is 2.29. The molecule has 0 radical (unpaired) electrons. The van der Waals surface area contributed by atoms with Gasteiger partial charge in [0.1, 0.15) is 0 Å². The van der Waals surface area contributed by atoms with Gasteiger partial charge < -0.3 is 9.67 Å². The number of rotatable bonds is 4. The first-order valence-corrected chi connectivity index (χ1v) is 9.24. The van der Waals surface area contributed by atoms with Crippen LogP contribution < -0.4 is 0 Å². The van der Waals surface area contributed by atoms with Crippen LogP contribution in [0.4, 0.5) is 0 Å². The molecule has 3 aromatic carbocycles. The number of hydrogen-bond acceptors (Lipinski definition) is 3. The van der Waals surface area contributed by atoms with Crippen LogP contribution >= 0.6 is 0 Å². The lowest BCUT2D eigenvalue weighted by Gasteiger charge is -2.20. The van der Waals surface area contributed by atoms with Crippen molar-refractivity contribution >= 4 is 33.6 Å². The molecule has 5 nitrogen and oxygen atoms in total. The number of aliphatic hydroxyl groups excluding tert-OH is 1. The molecule has 1 unspecified atom stereocenters. The fourth-order valence-electron chi connectivity index (χ4n) is 4.08. The van der Waals surface area contributed by atoms with Gasteiger partial charge in [0.2, 0.25) is 0 Å². The van der Waals surface area contributed by atoms with Crippen LogP contribution in [0.1, 0.15) is 20.7 Å². The third-order valence-corrected chi connectivity index (χ3v) is 5.34. The zero-order valence-corrected chi connectivity index (χ0v) is 15.1. The van der Waals surface area contributed by atoms with Gasteiger partial charge in [-0.25, -0.2) is 0 Å². The lowest BCUT2D eigenvalue weighted by Crippen LogP contribution is -2.38. The van der Waals surface area contributed by atoms with E-state index >= 15 is 0 Å². The largest absolute Gasteiger partial charge is 0.389 e. The van der Waals surface area contributed by atoms with Crippen LogP contribution in [0, 0.1) is 0 Å². The Kier molecular flexibility index (Phi) is 3.77. The Labute approximate surface area is 161 Å². The highest BCUT2D eigenvalue weighted by molar-refractivity contribution is 6.21. The molecule has 1 aliphatic rings. The van der Waals surface area contributed by atoms with E-state index in [1.807, 2.05) is 41.0 Å². The van der Waals surface area contributed by atoms with Gasteiger partial charge in [-0.3, -0.25) is 14.5 Å². The number of aromatic nitrogens is 1. The number of amides is 2. The molecule has 0 spiro atoms. The topological polar surface area (TPSA) is 62.5 Å². The summed E-state index contributed by atoms with van der Waals surface area (Å²) < 4.78 is 2.05. The third-order valence-electron chi connectivity index (χ3n) is 5.34. The summed E-state index contributed by atoms with van der Waals surface area (Å²) in [5.41, 5.74) is 2.84. The number of imide groups is 1. The van der Waals surface area contributed by atoms with Crippen molar-refractivity contribution in [3.8, 4) is 0 Å². The number of para-hydroxylation sites is 2. The number of hydrogen-bond donors (Lipinski definition) is 1. The van der Waals surface area contributed by atoms with Gasteiger partial charge >= 0.3 is 0 Å². The smallest absolute Gasteiger partial charge is 0.261 e. The van der Waals surface area contributed by atoms with Gasteiger partial charge in [-0.1, -0.05) is 48.5 Å². The molecule has 0 saturated carbocycles. The first-order chi connectivity index (χ1) is 13.6. The van der Waals surface area contributed by atoms with Crippen molar-refractivity contribution in [2.75, 3.05) is 6.54 Å². The van der Waals surface area contributed by atoms with Crippen LogP contribution in [0.2, 0.25) is 0 Å². The molecule has 0 bridgehead atoms. The van der Waals surface area contributed by atoms with Crippen molar-refractivity contribution in [3.05, 3.63) is 83.9 Å². The van der Waals surface area contributed by atoms with Crippen LogP contribution in [0.25, 0.3) is 21.8 Å². The minimum Gasteiger partial charge on any atom is -0.389 e. The van der Waals surface area contributed by atoms with E-state index in [2.05, 4.69) is 12.1 Å². The number of β-amino-alcohol motifs (C(OH)–C–C–N with tert-alkyl or cyclic N) is 1. The Morgan fingerprint density at radius 2 is 1.14 bits per heavy atom. The van der Waals surface area contributed by atoms with E-state index in [1.54, 1.807) is 24.3 Å². The monoisotopic (exact) mass is 370 g/mol. The number of benzene rings is 3. The Morgan fingerprint density at radius 1 is 0.679 bits per heavy atom. The molecule has 2 amide bonds. The summed E-state index contributed by atoms with van der Waals surface area (Å²) in [5.74, 6) is -0.691. The van der Waals surface area contributed by atoms with E-state index in [0.717, 1.165) is 26.7 Å². The van der Waals surface area contributed by atoms with Crippen molar-refractivity contribution in [2.45, 2.75) is 12.6 Å². The molecule has 138 valence electrons. The summed E-state index contributed by atoms with van der Waals surface area (Å²) in [4.78, 5) is 26.3. The molecule has 28 heavy (non-hydrogen) atoms. The van der Waals surface area contributed by atoms with E-state index in [0.29, 0.717) is 17.7 Å². The van der Waals surface area contributed by atoms with Gasteiger partial charge in [0, 0.05) is 21.8 Å². The first kappa shape index (κ1) is 16.7. The minimum atomic E-state index is -0.874. The van der Waals surface area contributed by atoms with Crippen LogP contribution in [0.15, 0.2) is 72.8 Å². The van der Waals surface area contributed by atoms with Crippen LogP contribution in [0.5, 0.6) is 0 Å². The predicted octanol–water partition coefficient (Wildman–Crippen LogP) is 3.45. The fourth-order valence-corrected chi connectivity index (χ4v) is 4.08. The lowest BCUT2D eigenvalue weighted by molar-refractivity contribution is 0.0524. The van der Waals surface area contributed by atoms with Gasteiger partial charge in [-0.2, -0.15) is 0 Å². The number of carbonyl (C=O) groups excluding carboxylic acids is 2. The molecular weight excluding hydrogens is 352 g/mol. The minimum absolute atomic E-state index is 0.0345. The summed E-state index contributed by atoms with van der Waals surface area (Å²) in [6.07, 6.45) is -0.874. The van der Waals surface area contributed by atoms with Crippen molar-refractivity contribution in [2.24, 2.45) is 0 Å². The zero-order valence-electron chi connectivity index (χ0n) is 15.1. The molecule has 0 fully saturated rings. The van der Waals surface area contributed by atoms with E-state index in [9.17, 15) is 14.7 Å². The Morgan fingerprint density at radius 3 is 1.68 bits per heavy atom. The average Bonchev–Trinajstić information content (AvgIpc) is 3.17. The maximum atomic E-state index is 12.6. The van der Waals surface area contributed by atoms with Crippen LogP contribution in [0.3, 0.4) is 0 Å². The average molecular weight is 370 g/mol. The van der Waals surface area contributed by atoms with E-state index in [-0.39, 0.29) is 18.4 Å². The molecule has 2 heterocycles. The highest BCUT2D eigenvalue weighted by Gasteiger charge is 2.36. The maximum Gasteiger partial charge on any atom is 0.261 e. The Balaban J connectivity index is 1.46. The van der Waals surface area contributed by atoms with Crippen LogP contribution in [-0.4, -0.2) is 39.0 Å². The summed E-state index contributed by atoms with van der Waals surface area (Å²) in [7, 11) is 0. The van der Waals surface area contributed by atoms with Crippen LogP contribution in [-0.2, 0) is 6.54 Å². The van der Waals surface area contributed by atoms with Crippen molar-refractivity contribution in [1.29, 1.82) is 0 Å². The van der Waals surface area contributed by atoms with Gasteiger partial charge in [-0.15, -0.1) is 0 Å². The fraction of sp³-hybridized carbons (Fsp3) is 0.130. The normalized spacial score (nSPS) is 14.8. The molecule has 1 atom stereocenters. The molecule has 5 rings (SSSR count). The second kappa shape index (κ2) is 6.32. The number of carbonyl (C=O) groups is 2. The molecule has 5 heteroatoms. The standard InChI is InChI=1S/C23H18N2O3/c26-15(14-25-22(27)18-9-1-2-10-19(18)23(25)28)13-24-20-11-5-3-7-16(20)17-8-4-6-12-21(17)24/h1-12,15,26H,13-14H2. The van der Waals surface area contributed by atoms with E-state index in [4.69, 9.17) is 0 Å². The SMILES string of the molecule is O=C1c2ccccc2C(=O)N1CC(O)Cn1c2ccccc2c2ccccc21. The van der Waals surface area contributed by atoms with Gasteiger partial charge in [0.25, 0.3) is 11.8 Å². The van der Waals surface area contributed by atoms with Crippen molar-refractivity contribution < 1.29 is 14.7 Å². The highest BCUT2D eigenvalue weighted by atomic mass is 16.3. The molecular formula is C23H18N2O3. The van der Waals surface area contributed by atoms with Gasteiger partial charge in [-0.05, 0) is 24.3 Å². The van der Waals surface area contributed by atoms with Gasteiger partial charge in [0.15, 0.2) is 0 Å². The number of aliphatic hydroxyl groups is 1. The molecule has 4 aromatic rings. The third kappa shape index (κ3) is 2.44. The number of fused-ring (bicyclic) bond motifs is 4. The lowest BCUT2D eigenvalue weighted by atomic mass is 10.1. The maximum absolute atomic E-state index is 12.6. The molecule has 0 saturated heterocycles. The number of nitrogens with zero attached hydrogens (tertiary/aromatic N) is 2. The summed E-state index contributed by atoms with van der Waals surface area (Å²) in [6.45, 7) is 0.259. The molecule has 1 aromatic heterocycles. The second-order valence-corrected chi connectivity index (χ2v) is 7.07. The van der Waals surface area contributed by atoms with Gasteiger partial charge in [0.05, 0.1) is 30.3 Å². The van der Waals surface area contributed by atoms with Crippen molar-refractivity contribution in [1.82, 2.24) is 9.47 Å². The molecule has 0 aliphatic carbocycles. The van der Waals surface area contributed by atoms with Crippen molar-refractivity contribution in [3.63, 3.8) is 0 Å². The summed E-state index contributed by atoms with van der Waals surface area (Å²) >= 11 is 0. The first-order valence-electron chi connectivity index (χ1n) is 9.24. The quantitative estimate of drug-likeness (QED) is 0.560. The second-order valence-electron chi connectivity index (χ2n) is 7.07.